The Kier molecular flexibility index (Phi) is 12.1. The average Bonchev–Trinajstić information content (AvgIpc) is 2.44. The first-order chi connectivity index (χ1) is 10.2. The lowest BCUT2D eigenvalue weighted by Crippen LogP contribution is -2.22. The van der Waals surface area contributed by atoms with Gasteiger partial charge in [0.05, 0.1) is 0 Å². The molecule has 0 spiro atoms. The summed E-state index contributed by atoms with van der Waals surface area (Å²) in [5.74, 6) is -0.276. The van der Waals surface area contributed by atoms with Gasteiger partial charge >= 0.3 is 5.97 Å². The quantitative estimate of drug-likeness (QED) is 0.815. The summed E-state index contributed by atoms with van der Waals surface area (Å²) in [4.78, 5) is 11.2. The van der Waals surface area contributed by atoms with Crippen LogP contribution in [-0.2, 0) is 16.1 Å². The Morgan fingerprint density at radius 1 is 1.14 bits per heavy atom. The molecule has 0 aromatic heterocycles. The normalized spacial score (nSPS) is 11.6. The Morgan fingerprint density at radius 2 is 1.67 bits per heavy atom. The molecule has 0 saturated heterocycles. The zero-order valence-electron chi connectivity index (χ0n) is 13.7. The lowest BCUT2D eigenvalue weighted by Gasteiger charge is -2.06. The van der Waals surface area contributed by atoms with E-state index in [1.165, 1.54) is 25.7 Å². The molecular weight excluding hydrogens is 262 g/mol. The van der Waals surface area contributed by atoms with E-state index in [0.717, 1.165) is 11.3 Å². The van der Waals surface area contributed by atoms with Crippen molar-refractivity contribution in [3.05, 3.63) is 48.2 Å². The molecule has 1 fully saturated rings. The number of carbonyl (C=O) groups excluding carboxylic acids is 1. The molecule has 0 radical (unpaired) electrons. The van der Waals surface area contributed by atoms with Crippen LogP contribution in [0.3, 0.4) is 0 Å². The summed E-state index contributed by atoms with van der Waals surface area (Å²) in [7, 11) is 0. The van der Waals surface area contributed by atoms with E-state index < -0.39 is 0 Å². The van der Waals surface area contributed by atoms with Crippen LogP contribution in [0, 0.1) is 0 Å². The smallest absolute Gasteiger partial charge is 0.325 e. The monoisotopic (exact) mass is 291 g/mol. The van der Waals surface area contributed by atoms with Crippen LogP contribution in [0.2, 0.25) is 0 Å². The van der Waals surface area contributed by atoms with E-state index in [1.54, 1.807) is 6.92 Å². The van der Waals surface area contributed by atoms with Crippen molar-refractivity contribution in [3.63, 3.8) is 0 Å². The third-order valence-corrected chi connectivity index (χ3v) is 2.78. The van der Waals surface area contributed by atoms with Crippen LogP contribution in [-0.4, -0.2) is 12.5 Å². The zero-order chi connectivity index (χ0) is 15.9. The molecule has 21 heavy (non-hydrogen) atoms. The summed E-state index contributed by atoms with van der Waals surface area (Å²) in [5, 5.41) is 2.81. The Balaban J connectivity index is 0.000000558. The lowest BCUT2D eigenvalue weighted by molar-refractivity contribution is -0.143. The number of allylic oxidation sites excluding steroid dienone is 1. The average molecular weight is 291 g/mol. The van der Waals surface area contributed by atoms with Gasteiger partial charge in [0.25, 0.3) is 0 Å². The predicted molar refractivity (Wildman–Crippen MR) is 88.9 cm³/mol. The highest BCUT2D eigenvalue weighted by Crippen LogP contribution is 2.15. The molecule has 3 nitrogen and oxygen atoms in total. The van der Waals surface area contributed by atoms with Gasteiger partial charge in [-0.1, -0.05) is 76.4 Å². The number of esters is 1. The molecule has 2 rings (SSSR count). The number of nitrogens with one attached hydrogen (secondary N) is 1. The van der Waals surface area contributed by atoms with Crippen LogP contribution in [0.4, 0.5) is 0 Å². The molecular formula is C18H29NO2. The predicted octanol–water partition coefficient (Wildman–Crippen LogP) is 4.44. The number of hydrogen-bond acceptors (Lipinski definition) is 3. The maximum Gasteiger partial charge on any atom is 0.325 e. The van der Waals surface area contributed by atoms with Crippen molar-refractivity contribution in [2.45, 2.75) is 53.1 Å². The van der Waals surface area contributed by atoms with Gasteiger partial charge in [0.15, 0.2) is 0 Å². The fourth-order valence-electron chi connectivity index (χ4n) is 1.26. The Hall–Kier alpha value is -1.77. The minimum atomic E-state index is -0.276. The summed E-state index contributed by atoms with van der Waals surface area (Å²) in [5.41, 5.74) is 1.74. The molecule has 0 atom stereocenters. The van der Waals surface area contributed by atoms with Crippen LogP contribution in [0.5, 0.6) is 0 Å². The maximum atomic E-state index is 11.2. The number of hydrogen-bond donors (Lipinski definition) is 1. The van der Waals surface area contributed by atoms with E-state index in [4.69, 9.17) is 4.74 Å². The summed E-state index contributed by atoms with van der Waals surface area (Å²) < 4.78 is 5.04. The second-order valence-corrected chi connectivity index (χ2v) is 4.69. The first kappa shape index (κ1) is 19.2. The van der Waals surface area contributed by atoms with Crippen molar-refractivity contribution < 1.29 is 9.53 Å². The highest BCUT2D eigenvalue weighted by atomic mass is 16.5. The molecule has 0 aliphatic heterocycles. The second-order valence-electron chi connectivity index (χ2n) is 4.69. The highest BCUT2D eigenvalue weighted by molar-refractivity contribution is 5.71. The van der Waals surface area contributed by atoms with Crippen molar-refractivity contribution in [3.8, 4) is 0 Å². The van der Waals surface area contributed by atoms with Crippen LogP contribution in [0.1, 0.15) is 52.0 Å². The first-order valence-electron chi connectivity index (χ1n) is 7.77. The van der Waals surface area contributed by atoms with Gasteiger partial charge in [-0.2, -0.15) is 0 Å². The fourth-order valence-corrected chi connectivity index (χ4v) is 1.26. The first-order valence-corrected chi connectivity index (χ1v) is 7.77. The molecule has 1 aromatic carbocycles. The van der Waals surface area contributed by atoms with E-state index in [2.05, 4.69) is 11.9 Å². The summed E-state index contributed by atoms with van der Waals surface area (Å²) in [6.45, 7) is 9.91. The minimum absolute atomic E-state index is 0.169. The van der Waals surface area contributed by atoms with Gasteiger partial charge in [0.2, 0.25) is 0 Å². The molecule has 0 unspecified atom stereocenters. The van der Waals surface area contributed by atoms with E-state index >= 15 is 0 Å². The third kappa shape index (κ3) is 11.7. The topological polar surface area (TPSA) is 38.3 Å². The largest absolute Gasteiger partial charge is 0.460 e. The van der Waals surface area contributed by atoms with Gasteiger partial charge in [-0.05, 0) is 12.5 Å². The molecule has 1 aromatic rings. The fraction of sp³-hybridized carbons (Fsp3) is 0.500. The van der Waals surface area contributed by atoms with Gasteiger partial charge in [0.1, 0.15) is 13.2 Å². The van der Waals surface area contributed by atoms with E-state index in [1.807, 2.05) is 44.2 Å². The number of benzene rings is 1. The Morgan fingerprint density at radius 3 is 2.10 bits per heavy atom. The Bertz CT molecular complexity index is 379. The summed E-state index contributed by atoms with van der Waals surface area (Å²) in [6, 6.07) is 9.58. The number of carbonyl (C=O) groups is 1. The summed E-state index contributed by atoms with van der Waals surface area (Å²) in [6.07, 6.45) is 6.00. The van der Waals surface area contributed by atoms with Crippen LogP contribution in [0.25, 0.3) is 0 Å². The molecule has 1 N–H and O–H groups in total. The van der Waals surface area contributed by atoms with Gasteiger partial charge in [0, 0.05) is 5.70 Å². The molecule has 0 amide bonds. The van der Waals surface area contributed by atoms with Crippen LogP contribution >= 0.6 is 0 Å². The molecule has 1 saturated carbocycles. The van der Waals surface area contributed by atoms with Crippen molar-refractivity contribution in [2.75, 3.05) is 6.54 Å². The van der Waals surface area contributed by atoms with Crippen LogP contribution < -0.4 is 5.32 Å². The van der Waals surface area contributed by atoms with Crippen molar-refractivity contribution in [1.82, 2.24) is 5.32 Å². The Labute approximate surface area is 129 Å². The molecule has 0 heterocycles. The lowest BCUT2D eigenvalue weighted by atomic mass is 10.0. The summed E-state index contributed by atoms with van der Waals surface area (Å²) >= 11 is 0. The number of rotatable bonds is 5. The van der Waals surface area contributed by atoms with Gasteiger partial charge in [-0.25, -0.2) is 0 Å². The number of ether oxygens (including phenoxy) is 1. The molecule has 118 valence electrons. The minimum Gasteiger partial charge on any atom is -0.460 e. The highest BCUT2D eigenvalue weighted by Gasteiger charge is 2.01. The molecule has 1 aliphatic rings. The standard InChI is InChI=1S/C12H15NO2.C4H8.C2H6/c1-10(2)13-8-12(14)15-9-11-6-4-3-5-7-11;1-2-4-3-1;1-2/h3-7,13H,1,8-9H2,2H3;1-4H2;1-2H3. The van der Waals surface area contributed by atoms with E-state index in [0.29, 0.717) is 6.61 Å². The molecule has 1 aliphatic carbocycles. The second kappa shape index (κ2) is 13.2. The van der Waals surface area contributed by atoms with Gasteiger partial charge in [-0.3, -0.25) is 4.79 Å². The third-order valence-electron chi connectivity index (χ3n) is 2.78. The van der Waals surface area contributed by atoms with Gasteiger partial charge in [-0.15, -0.1) is 0 Å². The maximum absolute atomic E-state index is 11.2. The van der Waals surface area contributed by atoms with Crippen LogP contribution in [0.15, 0.2) is 42.6 Å². The molecule has 3 heteroatoms. The van der Waals surface area contributed by atoms with Crippen molar-refractivity contribution in [2.24, 2.45) is 0 Å². The van der Waals surface area contributed by atoms with E-state index in [-0.39, 0.29) is 12.5 Å². The van der Waals surface area contributed by atoms with Crippen molar-refractivity contribution >= 4 is 5.97 Å². The zero-order valence-corrected chi connectivity index (χ0v) is 13.7. The molecule has 0 bridgehead atoms. The van der Waals surface area contributed by atoms with E-state index in [9.17, 15) is 4.79 Å². The van der Waals surface area contributed by atoms with Gasteiger partial charge < -0.3 is 10.1 Å². The van der Waals surface area contributed by atoms with Crippen molar-refractivity contribution in [1.29, 1.82) is 0 Å². The SMILES string of the molecule is C1CCC1.C=C(C)NCC(=O)OCc1ccccc1.CC.